The average molecular weight is 355 g/mol. The molecule has 128 valence electrons. The molecule has 0 saturated heterocycles. The van der Waals surface area contributed by atoms with Crippen molar-refractivity contribution in [2.45, 2.75) is 26.7 Å². The van der Waals surface area contributed by atoms with Gasteiger partial charge in [-0.15, -0.1) is 10.2 Å². The molecule has 7 nitrogen and oxygen atoms in total. The molecule has 0 aliphatic rings. The number of fused-ring (bicyclic) bond motifs is 1. The molecule has 0 amide bonds. The monoisotopic (exact) mass is 355 g/mol. The van der Waals surface area contributed by atoms with Crippen LogP contribution in [0.5, 0.6) is 5.75 Å². The molecule has 4 aromatic rings. The molecular weight excluding hydrogens is 338 g/mol. The van der Waals surface area contributed by atoms with Crippen LogP contribution in [-0.4, -0.2) is 32.1 Å². The van der Waals surface area contributed by atoms with Gasteiger partial charge in [-0.3, -0.25) is 0 Å². The number of aromatic nitrogens is 5. The second-order valence-corrected chi connectivity index (χ2v) is 6.85. The highest BCUT2D eigenvalue weighted by Crippen LogP contribution is 2.21. The van der Waals surface area contributed by atoms with E-state index >= 15 is 0 Å². The minimum absolute atomic E-state index is 0.605. The lowest BCUT2D eigenvalue weighted by molar-refractivity contribution is 0.392. The Bertz CT molecular complexity index is 996. The second kappa shape index (κ2) is 6.29. The smallest absolute Gasteiger partial charge is 0.234 e. The molecule has 0 bridgehead atoms. The molecule has 0 saturated carbocycles. The van der Waals surface area contributed by atoms with Gasteiger partial charge in [0.25, 0.3) is 0 Å². The summed E-state index contributed by atoms with van der Waals surface area (Å²) in [5.41, 5.74) is 3.10. The third-order valence-electron chi connectivity index (χ3n) is 4.13. The molecule has 0 unspecified atom stereocenters. The van der Waals surface area contributed by atoms with E-state index < -0.39 is 0 Å². The van der Waals surface area contributed by atoms with Crippen LogP contribution >= 0.6 is 11.3 Å². The maximum absolute atomic E-state index is 5.22. The molecule has 0 N–H and O–H groups in total. The highest BCUT2D eigenvalue weighted by molar-refractivity contribution is 7.16. The van der Waals surface area contributed by atoms with Crippen LogP contribution in [0.15, 0.2) is 28.8 Å². The van der Waals surface area contributed by atoms with Gasteiger partial charge < -0.3 is 9.26 Å². The Hall–Kier alpha value is -2.74. The van der Waals surface area contributed by atoms with Crippen LogP contribution in [0.1, 0.15) is 33.4 Å². The molecule has 0 spiro atoms. The lowest BCUT2D eigenvalue weighted by atomic mass is 10.1. The van der Waals surface area contributed by atoms with Crippen LogP contribution in [0.2, 0.25) is 0 Å². The summed E-state index contributed by atoms with van der Waals surface area (Å²) >= 11 is 1.55. The predicted octanol–water partition coefficient (Wildman–Crippen LogP) is 2.98. The van der Waals surface area contributed by atoms with Gasteiger partial charge in [-0.2, -0.15) is 9.61 Å². The molecule has 0 radical (unpaired) electrons. The summed E-state index contributed by atoms with van der Waals surface area (Å²) in [6.07, 6.45) is 1.36. The summed E-state index contributed by atoms with van der Waals surface area (Å²) in [5.74, 6) is 2.45. The van der Waals surface area contributed by atoms with Gasteiger partial charge in [0.05, 0.1) is 12.8 Å². The Labute approximate surface area is 148 Å². The van der Waals surface area contributed by atoms with Gasteiger partial charge in [0.15, 0.2) is 5.82 Å². The van der Waals surface area contributed by atoms with Gasteiger partial charge in [0.1, 0.15) is 16.5 Å². The van der Waals surface area contributed by atoms with Crippen molar-refractivity contribution in [2.75, 3.05) is 7.11 Å². The van der Waals surface area contributed by atoms with Crippen LogP contribution in [0.25, 0.3) is 4.96 Å². The number of nitrogens with zero attached hydrogens (tertiary/aromatic N) is 5. The first-order chi connectivity index (χ1) is 12.1. The molecule has 0 atom stereocenters. The number of hydrogen-bond acceptors (Lipinski definition) is 7. The van der Waals surface area contributed by atoms with E-state index in [1.165, 1.54) is 5.56 Å². The molecule has 1 aromatic carbocycles. The zero-order valence-electron chi connectivity index (χ0n) is 14.2. The van der Waals surface area contributed by atoms with Gasteiger partial charge in [-0.25, -0.2) is 0 Å². The predicted molar refractivity (Wildman–Crippen MR) is 93.2 cm³/mol. The number of methoxy groups -OCH3 is 1. The van der Waals surface area contributed by atoms with E-state index in [4.69, 9.17) is 9.26 Å². The third kappa shape index (κ3) is 3.00. The summed E-state index contributed by atoms with van der Waals surface area (Å²) < 4.78 is 12.2. The first-order valence-electron chi connectivity index (χ1n) is 7.88. The van der Waals surface area contributed by atoms with E-state index in [2.05, 4.69) is 20.5 Å². The molecule has 3 heterocycles. The van der Waals surface area contributed by atoms with Crippen molar-refractivity contribution in [3.8, 4) is 5.75 Å². The zero-order chi connectivity index (χ0) is 17.4. The fourth-order valence-corrected chi connectivity index (χ4v) is 3.60. The van der Waals surface area contributed by atoms with Crippen molar-refractivity contribution in [3.05, 3.63) is 57.7 Å². The number of hydrogen-bond donors (Lipinski definition) is 0. The highest BCUT2D eigenvalue weighted by atomic mass is 32.1. The van der Waals surface area contributed by atoms with Crippen LogP contribution < -0.4 is 4.74 Å². The highest BCUT2D eigenvalue weighted by Gasteiger charge is 2.16. The van der Waals surface area contributed by atoms with Crippen LogP contribution in [-0.2, 0) is 12.8 Å². The number of rotatable bonds is 5. The van der Waals surface area contributed by atoms with E-state index in [9.17, 15) is 0 Å². The van der Waals surface area contributed by atoms with Crippen molar-refractivity contribution < 1.29 is 9.26 Å². The molecule has 0 aliphatic heterocycles. The molecule has 0 fully saturated rings. The minimum Gasteiger partial charge on any atom is -0.497 e. The van der Waals surface area contributed by atoms with Gasteiger partial charge in [-0.1, -0.05) is 28.6 Å². The quantitative estimate of drug-likeness (QED) is 0.548. The van der Waals surface area contributed by atoms with E-state index in [0.29, 0.717) is 6.42 Å². The minimum atomic E-state index is 0.605. The summed E-state index contributed by atoms with van der Waals surface area (Å²) in [5, 5.41) is 18.2. The van der Waals surface area contributed by atoms with Crippen molar-refractivity contribution in [1.29, 1.82) is 0 Å². The molecular formula is C17H17N5O2S. The van der Waals surface area contributed by atoms with E-state index in [0.717, 1.165) is 45.0 Å². The summed E-state index contributed by atoms with van der Waals surface area (Å²) in [7, 11) is 1.67. The average Bonchev–Trinajstić information content (AvgIpc) is 3.27. The van der Waals surface area contributed by atoms with Gasteiger partial charge >= 0.3 is 0 Å². The summed E-state index contributed by atoms with van der Waals surface area (Å²) in [4.78, 5) is 0.797. The first kappa shape index (κ1) is 15.8. The fourth-order valence-electron chi connectivity index (χ4n) is 2.71. The molecule has 4 rings (SSSR count). The second-order valence-electron chi connectivity index (χ2n) is 5.81. The lowest BCUT2D eigenvalue weighted by Crippen LogP contribution is -2.00. The summed E-state index contributed by atoms with van der Waals surface area (Å²) in [6, 6.07) is 8.01. The SMILES string of the molecule is COc1ccc(Cc2nn3c(Cc4c(C)noc4C)nnc3s2)cc1. The van der Waals surface area contributed by atoms with Crippen molar-refractivity contribution in [1.82, 2.24) is 25.0 Å². The standard InChI is InChI=1S/C17H17N5O2S/c1-10-14(11(2)24-21-10)9-15-18-19-17-22(15)20-16(25-17)8-12-4-6-13(23-3)7-5-12/h4-7H,8-9H2,1-3H3. The maximum atomic E-state index is 5.22. The molecule has 0 aliphatic carbocycles. The first-order valence-corrected chi connectivity index (χ1v) is 8.70. The Morgan fingerprint density at radius 1 is 1.12 bits per heavy atom. The van der Waals surface area contributed by atoms with Crippen LogP contribution in [0, 0.1) is 13.8 Å². The van der Waals surface area contributed by atoms with Crippen molar-refractivity contribution >= 4 is 16.3 Å². The number of benzene rings is 1. The molecule has 3 aromatic heterocycles. The maximum Gasteiger partial charge on any atom is 0.234 e. The van der Waals surface area contributed by atoms with Crippen molar-refractivity contribution in [3.63, 3.8) is 0 Å². The Kier molecular flexibility index (Phi) is 3.96. The topological polar surface area (TPSA) is 78.3 Å². The Morgan fingerprint density at radius 2 is 1.92 bits per heavy atom. The third-order valence-corrected chi connectivity index (χ3v) is 5.03. The number of aryl methyl sites for hydroxylation is 2. The van der Waals surface area contributed by atoms with Gasteiger partial charge in [0, 0.05) is 18.4 Å². The fraction of sp³-hybridized carbons (Fsp3) is 0.294. The molecule has 25 heavy (non-hydrogen) atoms. The van der Waals surface area contributed by atoms with Gasteiger partial charge in [-0.05, 0) is 31.5 Å². The van der Waals surface area contributed by atoms with Crippen molar-refractivity contribution in [2.24, 2.45) is 0 Å². The van der Waals surface area contributed by atoms with E-state index in [1.54, 1.807) is 18.4 Å². The van der Waals surface area contributed by atoms with Crippen LogP contribution in [0.3, 0.4) is 0 Å². The zero-order valence-corrected chi connectivity index (χ0v) is 15.0. The normalized spacial score (nSPS) is 11.3. The van der Waals surface area contributed by atoms with E-state index in [1.807, 2.05) is 42.6 Å². The lowest BCUT2D eigenvalue weighted by Gasteiger charge is -2.01. The summed E-state index contributed by atoms with van der Waals surface area (Å²) in [6.45, 7) is 3.84. The van der Waals surface area contributed by atoms with Gasteiger partial charge in [0.2, 0.25) is 4.96 Å². The van der Waals surface area contributed by atoms with E-state index in [-0.39, 0.29) is 0 Å². The Balaban J connectivity index is 1.59. The largest absolute Gasteiger partial charge is 0.497 e. The molecule has 8 heteroatoms. The van der Waals surface area contributed by atoms with Crippen LogP contribution in [0.4, 0.5) is 0 Å². The Morgan fingerprint density at radius 3 is 2.60 bits per heavy atom. The number of ether oxygens (including phenoxy) is 1.